The van der Waals surface area contributed by atoms with Gasteiger partial charge in [-0.15, -0.1) is 0 Å². The van der Waals surface area contributed by atoms with Crippen molar-refractivity contribution in [3.05, 3.63) is 0 Å². The molecule has 0 aromatic rings. The molecule has 0 radical (unpaired) electrons. The van der Waals surface area contributed by atoms with Crippen LogP contribution in [0.1, 0.15) is 64.7 Å². The molecule has 1 unspecified atom stereocenters. The van der Waals surface area contributed by atoms with Crippen LogP contribution in [0, 0.1) is 0 Å². The lowest BCUT2D eigenvalue weighted by Crippen LogP contribution is -2.31. The molecule has 100 valence electrons. The summed E-state index contributed by atoms with van der Waals surface area (Å²) in [5.74, 6) is 0.193. The monoisotopic (exact) mass is 240 g/mol. The van der Waals surface area contributed by atoms with Crippen molar-refractivity contribution < 1.29 is 4.79 Å². The molecule has 17 heavy (non-hydrogen) atoms. The summed E-state index contributed by atoms with van der Waals surface area (Å²) in [5.41, 5.74) is 0. The molecule has 1 saturated heterocycles. The predicted octanol–water partition coefficient (Wildman–Crippen LogP) is 2.61. The van der Waals surface area contributed by atoms with Crippen molar-refractivity contribution in [3.8, 4) is 0 Å². The van der Waals surface area contributed by atoms with Gasteiger partial charge in [-0.3, -0.25) is 4.79 Å². The molecule has 3 heteroatoms. The van der Waals surface area contributed by atoms with E-state index in [9.17, 15) is 4.79 Å². The van der Waals surface area contributed by atoms with Crippen LogP contribution < -0.4 is 10.6 Å². The Labute approximate surface area is 106 Å². The fraction of sp³-hybridized carbons (Fsp3) is 0.929. The summed E-state index contributed by atoms with van der Waals surface area (Å²) in [7, 11) is 0. The number of hydrogen-bond acceptors (Lipinski definition) is 2. The van der Waals surface area contributed by atoms with Gasteiger partial charge >= 0.3 is 0 Å². The number of carbonyl (C=O) groups is 1. The van der Waals surface area contributed by atoms with E-state index >= 15 is 0 Å². The molecule has 3 nitrogen and oxygen atoms in total. The molecule has 2 N–H and O–H groups in total. The first kappa shape index (κ1) is 14.5. The van der Waals surface area contributed by atoms with Crippen molar-refractivity contribution in [1.82, 2.24) is 10.6 Å². The summed E-state index contributed by atoms with van der Waals surface area (Å²) in [6.07, 6.45) is 11.5. The zero-order chi connectivity index (χ0) is 12.3. The number of unbranched alkanes of at least 4 members (excludes halogenated alkanes) is 7. The minimum absolute atomic E-state index is 0.193. The first-order valence-electron chi connectivity index (χ1n) is 7.33. The van der Waals surface area contributed by atoms with E-state index in [1.54, 1.807) is 0 Å². The maximum Gasteiger partial charge on any atom is 0.221 e. The van der Waals surface area contributed by atoms with Gasteiger partial charge in [0.25, 0.3) is 0 Å². The molecular weight excluding hydrogens is 212 g/mol. The molecule has 1 amide bonds. The highest BCUT2D eigenvalue weighted by Gasteiger charge is 2.19. The summed E-state index contributed by atoms with van der Waals surface area (Å²) < 4.78 is 0. The highest BCUT2D eigenvalue weighted by Crippen LogP contribution is 2.08. The molecule has 1 rings (SSSR count). The fourth-order valence-corrected chi connectivity index (χ4v) is 2.31. The molecular formula is C14H28N2O. The van der Waals surface area contributed by atoms with Gasteiger partial charge in [0, 0.05) is 19.0 Å². The molecule has 0 bridgehead atoms. The number of rotatable bonds is 10. The topological polar surface area (TPSA) is 41.1 Å². The molecule has 0 spiro atoms. The lowest BCUT2D eigenvalue weighted by Gasteiger charge is -2.09. The molecule has 0 saturated carbocycles. The number of hydrogen-bond donors (Lipinski definition) is 2. The second-order valence-electron chi connectivity index (χ2n) is 5.13. The minimum Gasteiger partial charge on any atom is -0.354 e. The molecule has 1 aliphatic rings. The maximum atomic E-state index is 11.0. The fourth-order valence-electron chi connectivity index (χ4n) is 2.31. The molecule has 1 fully saturated rings. The van der Waals surface area contributed by atoms with Crippen molar-refractivity contribution in [2.75, 3.05) is 13.1 Å². The number of amides is 1. The third-order valence-electron chi connectivity index (χ3n) is 3.44. The van der Waals surface area contributed by atoms with Gasteiger partial charge in [-0.25, -0.2) is 0 Å². The molecule has 1 aliphatic heterocycles. The average molecular weight is 240 g/mol. The van der Waals surface area contributed by atoms with Crippen LogP contribution >= 0.6 is 0 Å². The molecule has 0 aromatic heterocycles. The van der Waals surface area contributed by atoms with Crippen LogP contribution in [0.15, 0.2) is 0 Å². The Kier molecular flexibility index (Phi) is 8.06. The summed E-state index contributed by atoms with van der Waals surface area (Å²) in [6.45, 7) is 4.14. The SMILES string of the molecule is CCCCCCCCCCNC1CNC(=O)C1. The van der Waals surface area contributed by atoms with Crippen LogP contribution in [0.4, 0.5) is 0 Å². The van der Waals surface area contributed by atoms with Gasteiger partial charge in [-0.2, -0.15) is 0 Å². The first-order chi connectivity index (χ1) is 8.33. The maximum absolute atomic E-state index is 11.0. The van der Waals surface area contributed by atoms with Crippen molar-refractivity contribution in [2.45, 2.75) is 70.8 Å². The summed E-state index contributed by atoms with van der Waals surface area (Å²) in [4.78, 5) is 11.0. The van der Waals surface area contributed by atoms with Gasteiger partial charge in [-0.1, -0.05) is 51.9 Å². The van der Waals surface area contributed by atoms with E-state index in [0.29, 0.717) is 12.5 Å². The second-order valence-corrected chi connectivity index (χ2v) is 5.13. The van der Waals surface area contributed by atoms with Crippen molar-refractivity contribution in [3.63, 3.8) is 0 Å². The minimum atomic E-state index is 0.193. The van der Waals surface area contributed by atoms with E-state index in [1.165, 1.54) is 51.4 Å². The zero-order valence-electron chi connectivity index (χ0n) is 11.3. The van der Waals surface area contributed by atoms with Crippen molar-refractivity contribution >= 4 is 5.91 Å². The van der Waals surface area contributed by atoms with Crippen molar-refractivity contribution in [1.29, 1.82) is 0 Å². The third kappa shape index (κ3) is 7.37. The van der Waals surface area contributed by atoms with Gasteiger partial charge in [-0.05, 0) is 13.0 Å². The lowest BCUT2D eigenvalue weighted by molar-refractivity contribution is -0.119. The van der Waals surface area contributed by atoms with Gasteiger partial charge in [0.05, 0.1) is 0 Å². The van der Waals surface area contributed by atoms with Crippen LogP contribution in [0.25, 0.3) is 0 Å². The number of nitrogens with one attached hydrogen (secondary N) is 2. The Balaban J connectivity index is 1.77. The average Bonchev–Trinajstić information content (AvgIpc) is 2.73. The second kappa shape index (κ2) is 9.46. The molecule has 1 atom stereocenters. The van der Waals surface area contributed by atoms with Crippen LogP contribution in [0.5, 0.6) is 0 Å². The van der Waals surface area contributed by atoms with Gasteiger partial charge in [0.2, 0.25) is 5.91 Å². The third-order valence-corrected chi connectivity index (χ3v) is 3.44. The normalized spacial score (nSPS) is 19.6. The highest BCUT2D eigenvalue weighted by molar-refractivity contribution is 5.78. The first-order valence-corrected chi connectivity index (χ1v) is 7.33. The standard InChI is InChI=1S/C14H28N2O/c1-2-3-4-5-6-7-8-9-10-15-13-11-14(17)16-12-13/h13,15H,2-12H2,1H3,(H,16,17). The van der Waals surface area contributed by atoms with E-state index in [0.717, 1.165) is 13.1 Å². The van der Waals surface area contributed by atoms with Gasteiger partial charge < -0.3 is 10.6 Å². The van der Waals surface area contributed by atoms with E-state index in [2.05, 4.69) is 17.6 Å². The lowest BCUT2D eigenvalue weighted by atomic mass is 10.1. The van der Waals surface area contributed by atoms with Gasteiger partial charge in [0.15, 0.2) is 0 Å². The molecule has 0 aliphatic carbocycles. The van der Waals surface area contributed by atoms with Gasteiger partial charge in [0.1, 0.15) is 0 Å². The Morgan fingerprint density at radius 2 is 1.76 bits per heavy atom. The van der Waals surface area contributed by atoms with Crippen LogP contribution in [0.3, 0.4) is 0 Å². The van der Waals surface area contributed by atoms with Crippen molar-refractivity contribution in [2.24, 2.45) is 0 Å². The largest absolute Gasteiger partial charge is 0.354 e. The summed E-state index contributed by atoms with van der Waals surface area (Å²) in [6, 6.07) is 0.382. The summed E-state index contributed by atoms with van der Waals surface area (Å²) in [5, 5.41) is 6.29. The predicted molar refractivity (Wildman–Crippen MR) is 72.0 cm³/mol. The smallest absolute Gasteiger partial charge is 0.221 e. The summed E-state index contributed by atoms with van der Waals surface area (Å²) >= 11 is 0. The Bertz CT molecular complexity index is 206. The van der Waals surface area contributed by atoms with E-state index in [4.69, 9.17) is 0 Å². The number of carbonyl (C=O) groups excluding carboxylic acids is 1. The van der Waals surface area contributed by atoms with Crippen LogP contribution in [0.2, 0.25) is 0 Å². The van der Waals surface area contributed by atoms with E-state index < -0.39 is 0 Å². The molecule has 0 aromatic carbocycles. The Hall–Kier alpha value is -0.570. The molecule has 1 heterocycles. The quantitative estimate of drug-likeness (QED) is 0.576. The van der Waals surface area contributed by atoms with E-state index in [1.807, 2.05) is 0 Å². The highest BCUT2D eigenvalue weighted by atomic mass is 16.1. The zero-order valence-corrected chi connectivity index (χ0v) is 11.3. The Morgan fingerprint density at radius 1 is 1.12 bits per heavy atom. The van der Waals surface area contributed by atoms with E-state index in [-0.39, 0.29) is 5.91 Å². The van der Waals surface area contributed by atoms with Crippen LogP contribution in [-0.4, -0.2) is 25.0 Å². The Morgan fingerprint density at radius 3 is 2.35 bits per heavy atom. The van der Waals surface area contributed by atoms with Crippen LogP contribution in [-0.2, 0) is 4.79 Å².